The second kappa shape index (κ2) is 7.14. The fourth-order valence-corrected chi connectivity index (χ4v) is 2.33. The third-order valence-electron chi connectivity index (χ3n) is 3.66. The molecule has 112 valence electrons. The summed E-state index contributed by atoms with van der Waals surface area (Å²) in [6.07, 6.45) is 0. The first-order valence-corrected chi connectivity index (χ1v) is 7.15. The Kier molecular flexibility index (Phi) is 5.23. The molecule has 2 aromatic rings. The van der Waals surface area contributed by atoms with Gasteiger partial charge in [0.2, 0.25) is 0 Å². The van der Waals surface area contributed by atoms with Crippen molar-refractivity contribution in [2.24, 2.45) is 0 Å². The van der Waals surface area contributed by atoms with Gasteiger partial charge in [-0.2, -0.15) is 0 Å². The van der Waals surface area contributed by atoms with Gasteiger partial charge in [-0.15, -0.1) is 0 Å². The number of rotatable bonds is 6. The zero-order valence-electron chi connectivity index (χ0n) is 13.1. The fourth-order valence-electron chi connectivity index (χ4n) is 2.33. The van der Waals surface area contributed by atoms with Gasteiger partial charge in [-0.05, 0) is 25.5 Å². The number of ether oxygens (including phenoxy) is 2. The van der Waals surface area contributed by atoms with Crippen LogP contribution in [0.4, 0.5) is 0 Å². The Balaban J connectivity index is 2.07. The zero-order valence-corrected chi connectivity index (χ0v) is 13.1. The van der Waals surface area contributed by atoms with Gasteiger partial charge < -0.3 is 14.8 Å². The van der Waals surface area contributed by atoms with Crippen LogP contribution in [0.25, 0.3) is 0 Å². The van der Waals surface area contributed by atoms with Gasteiger partial charge in [0.05, 0.1) is 14.2 Å². The Bertz CT molecular complexity index is 578. The van der Waals surface area contributed by atoms with Gasteiger partial charge in [-0.25, -0.2) is 0 Å². The summed E-state index contributed by atoms with van der Waals surface area (Å²) < 4.78 is 10.8. The molecule has 3 nitrogen and oxygen atoms in total. The Morgan fingerprint density at radius 2 is 1.71 bits per heavy atom. The highest BCUT2D eigenvalue weighted by Gasteiger charge is 2.11. The van der Waals surface area contributed by atoms with E-state index in [9.17, 15) is 0 Å². The highest BCUT2D eigenvalue weighted by atomic mass is 16.5. The second-order valence-corrected chi connectivity index (χ2v) is 5.17. The van der Waals surface area contributed by atoms with Crippen LogP contribution >= 0.6 is 0 Å². The molecule has 0 aliphatic carbocycles. The van der Waals surface area contributed by atoms with E-state index in [1.165, 1.54) is 11.1 Å². The van der Waals surface area contributed by atoms with Crippen LogP contribution < -0.4 is 14.8 Å². The molecule has 0 aliphatic rings. The summed E-state index contributed by atoms with van der Waals surface area (Å²) >= 11 is 0. The molecule has 21 heavy (non-hydrogen) atoms. The third-order valence-corrected chi connectivity index (χ3v) is 3.66. The van der Waals surface area contributed by atoms with E-state index in [0.29, 0.717) is 0 Å². The van der Waals surface area contributed by atoms with Crippen molar-refractivity contribution in [3.8, 4) is 11.5 Å². The molecule has 1 atom stereocenters. The SMILES string of the molecule is COc1cccc(CN[C@@H](C)c2ccc(C)cc2)c1OC. The van der Waals surface area contributed by atoms with Gasteiger partial charge in [0.25, 0.3) is 0 Å². The fraction of sp³-hybridized carbons (Fsp3) is 0.333. The molecule has 0 aliphatic heterocycles. The lowest BCUT2D eigenvalue weighted by Crippen LogP contribution is -2.18. The van der Waals surface area contributed by atoms with Crippen molar-refractivity contribution in [3.63, 3.8) is 0 Å². The number of benzene rings is 2. The summed E-state index contributed by atoms with van der Waals surface area (Å²) in [5, 5.41) is 3.53. The quantitative estimate of drug-likeness (QED) is 0.874. The minimum absolute atomic E-state index is 0.279. The second-order valence-electron chi connectivity index (χ2n) is 5.17. The van der Waals surface area contributed by atoms with Crippen LogP contribution in [0.1, 0.15) is 29.7 Å². The van der Waals surface area contributed by atoms with Gasteiger partial charge in [0.1, 0.15) is 0 Å². The van der Waals surface area contributed by atoms with Crippen LogP contribution in [0.15, 0.2) is 42.5 Å². The van der Waals surface area contributed by atoms with E-state index in [4.69, 9.17) is 9.47 Å². The van der Waals surface area contributed by atoms with Crippen LogP contribution in [-0.4, -0.2) is 14.2 Å². The molecule has 1 N–H and O–H groups in total. The minimum Gasteiger partial charge on any atom is -0.493 e. The molecular formula is C18H23NO2. The Labute approximate surface area is 126 Å². The molecule has 0 heterocycles. The number of nitrogens with one attached hydrogen (secondary N) is 1. The van der Waals surface area contributed by atoms with Crippen molar-refractivity contribution in [2.75, 3.05) is 14.2 Å². The lowest BCUT2D eigenvalue weighted by atomic mass is 10.1. The predicted molar refractivity (Wildman–Crippen MR) is 86.0 cm³/mol. The lowest BCUT2D eigenvalue weighted by Gasteiger charge is -2.17. The van der Waals surface area contributed by atoms with Crippen LogP contribution in [0, 0.1) is 6.92 Å². The van der Waals surface area contributed by atoms with Crippen molar-refractivity contribution < 1.29 is 9.47 Å². The monoisotopic (exact) mass is 285 g/mol. The van der Waals surface area contributed by atoms with E-state index in [1.807, 2.05) is 12.1 Å². The molecule has 0 spiro atoms. The first-order chi connectivity index (χ1) is 10.2. The average molecular weight is 285 g/mol. The number of aryl methyl sites for hydroxylation is 1. The van der Waals surface area contributed by atoms with Gasteiger partial charge in [0, 0.05) is 18.2 Å². The van der Waals surface area contributed by atoms with E-state index in [2.05, 4.69) is 49.5 Å². The van der Waals surface area contributed by atoms with E-state index >= 15 is 0 Å². The first kappa shape index (κ1) is 15.4. The summed E-state index contributed by atoms with van der Waals surface area (Å²) in [5.41, 5.74) is 3.65. The van der Waals surface area contributed by atoms with Crippen molar-refractivity contribution in [1.29, 1.82) is 0 Å². The molecule has 0 saturated heterocycles. The first-order valence-electron chi connectivity index (χ1n) is 7.15. The third kappa shape index (κ3) is 3.76. The maximum absolute atomic E-state index is 5.46. The minimum atomic E-state index is 0.279. The molecule has 0 unspecified atom stereocenters. The number of hydrogen-bond acceptors (Lipinski definition) is 3. The summed E-state index contributed by atoms with van der Waals surface area (Å²) in [6, 6.07) is 14.8. The van der Waals surface area contributed by atoms with Crippen LogP contribution in [-0.2, 0) is 6.54 Å². The molecule has 0 aromatic heterocycles. The topological polar surface area (TPSA) is 30.5 Å². The number of hydrogen-bond donors (Lipinski definition) is 1. The van der Waals surface area contributed by atoms with Gasteiger partial charge in [-0.3, -0.25) is 0 Å². The van der Waals surface area contributed by atoms with E-state index in [1.54, 1.807) is 14.2 Å². The molecule has 2 aromatic carbocycles. The van der Waals surface area contributed by atoms with E-state index in [0.717, 1.165) is 23.6 Å². The Hall–Kier alpha value is -2.00. The molecule has 3 heteroatoms. The normalized spacial score (nSPS) is 12.0. The predicted octanol–water partition coefficient (Wildman–Crippen LogP) is 3.86. The van der Waals surface area contributed by atoms with Crippen molar-refractivity contribution >= 4 is 0 Å². The van der Waals surface area contributed by atoms with Crippen molar-refractivity contribution in [2.45, 2.75) is 26.4 Å². The van der Waals surface area contributed by atoms with Crippen molar-refractivity contribution in [1.82, 2.24) is 5.32 Å². The van der Waals surface area contributed by atoms with Crippen LogP contribution in [0.2, 0.25) is 0 Å². The highest BCUT2D eigenvalue weighted by molar-refractivity contribution is 5.46. The van der Waals surface area contributed by atoms with Gasteiger partial charge >= 0.3 is 0 Å². The summed E-state index contributed by atoms with van der Waals surface area (Å²) in [4.78, 5) is 0. The summed E-state index contributed by atoms with van der Waals surface area (Å²) in [7, 11) is 3.33. The summed E-state index contributed by atoms with van der Waals surface area (Å²) in [5.74, 6) is 1.56. The lowest BCUT2D eigenvalue weighted by molar-refractivity contribution is 0.350. The molecule has 0 amide bonds. The number of para-hydroxylation sites is 1. The van der Waals surface area contributed by atoms with E-state index < -0.39 is 0 Å². The van der Waals surface area contributed by atoms with Crippen molar-refractivity contribution in [3.05, 3.63) is 59.2 Å². The molecule has 0 radical (unpaired) electrons. The number of methoxy groups -OCH3 is 2. The summed E-state index contributed by atoms with van der Waals surface area (Å²) in [6.45, 7) is 5.00. The highest BCUT2D eigenvalue weighted by Crippen LogP contribution is 2.30. The molecular weight excluding hydrogens is 262 g/mol. The standard InChI is InChI=1S/C18H23NO2/c1-13-8-10-15(11-9-13)14(2)19-12-16-6-5-7-17(20-3)18(16)21-4/h5-11,14,19H,12H2,1-4H3/t14-/m0/s1. The molecule has 0 bridgehead atoms. The molecule has 2 rings (SSSR count). The Morgan fingerprint density at radius 1 is 1.00 bits per heavy atom. The zero-order chi connectivity index (χ0) is 15.2. The molecule has 0 fully saturated rings. The Morgan fingerprint density at radius 3 is 2.33 bits per heavy atom. The smallest absolute Gasteiger partial charge is 0.165 e. The van der Waals surface area contributed by atoms with Crippen LogP contribution in [0.5, 0.6) is 11.5 Å². The largest absolute Gasteiger partial charge is 0.493 e. The van der Waals surface area contributed by atoms with Crippen LogP contribution in [0.3, 0.4) is 0 Å². The van der Waals surface area contributed by atoms with Gasteiger partial charge in [-0.1, -0.05) is 42.0 Å². The van der Waals surface area contributed by atoms with E-state index in [-0.39, 0.29) is 6.04 Å². The maximum Gasteiger partial charge on any atom is 0.165 e. The van der Waals surface area contributed by atoms with Gasteiger partial charge in [0.15, 0.2) is 11.5 Å². The maximum atomic E-state index is 5.46. The average Bonchev–Trinajstić information content (AvgIpc) is 2.52. The molecule has 0 saturated carbocycles.